The van der Waals surface area contributed by atoms with Crippen molar-refractivity contribution >= 4 is 35.0 Å². The molecular weight excluding hydrogens is 548 g/mol. The fourth-order valence-corrected chi connectivity index (χ4v) is 6.15. The first-order valence-electron chi connectivity index (χ1n) is 14.5. The molecule has 228 valence electrons. The van der Waals surface area contributed by atoms with Crippen molar-refractivity contribution in [2.24, 2.45) is 0 Å². The number of carbonyl (C=O) groups excluding carboxylic acids is 2. The fraction of sp³-hybridized carbons (Fsp3) is 0.586. The Hall–Kier alpha value is -3.58. The van der Waals surface area contributed by atoms with Gasteiger partial charge in [0.2, 0.25) is 5.95 Å². The molecule has 1 aliphatic carbocycles. The van der Waals surface area contributed by atoms with Crippen LogP contribution in [0.3, 0.4) is 0 Å². The number of amides is 2. The van der Waals surface area contributed by atoms with Gasteiger partial charge in [-0.05, 0) is 69.4 Å². The molecule has 11 nitrogen and oxygen atoms in total. The van der Waals surface area contributed by atoms with Crippen LogP contribution in [0.15, 0.2) is 18.3 Å². The van der Waals surface area contributed by atoms with Gasteiger partial charge in [0.05, 0.1) is 30.6 Å². The highest BCUT2D eigenvalue weighted by Gasteiger charge is 2.48. The van der Waals surface area contributed by atoms with Crippen molar-refractivity contribution in [2.75, 3.05) is 69.1 Å². The third-order valence-electron chi connectivity index (χ3n) is 8.49. The van der Waals surface area contributed by atoms with Crippen LogP contribution in [0, 0.1) is 0 Å². The number of hydrogen-bond donors (Lipinski definition) is 3. The Bertz CT molecular complexity index is 1310. The van der Waals surface area contributed by atoms with E-state index < -0.39 is 18.4 Å². The number of anilines is 4. The van der Waals surface area contributed by atoms with Crippen LogP contribution in [0.2, 0.25) is 0 Å². The molecule has 0 spiro atoms. The zero-order valence-corrected chi connectivity index (χ0v) is 24.3. The molecule has 5 rings (SSSR count). The SMILES string of the molecule is CNC(=O)c1cc(C2CCN(C)CC2)cc(Nc2ncc3c(n2)N(C2CCCC2)CC(F)(F)C(=O)N3C)c1OCCO. The summed E-state index contributed by atoms with van der Waals surface area (Å²) in [5.41, 5.74) is 1.89. The van der Waals surface area contributed by atoms with Gasteiger partial charge in [-0.3, -0.25) is 9.59 Å². The molecule has 1 saturated heterocycles. The normalized spacial score (nSPS) is 19.9. The Labute approximate surface area is 244 Å². The van der Waals surface area contributed by atoms with Crippen molar-refractivity contribution in [3.8, 4) is 5.75 Å². The van der Waals surface area contributed by atoms with Gasteiger partial charge >= 0.3 is 5.92 Å². The lowest BCUT2D eigenvalue weighted by Gasteiger charge is -2.31. The predicted molar refractivity (Wildman–Crippen MR) is 155 cm³/mol. The van der Waals surface area contributed by atoms with E-state index in [1.54, 1.807) is 4.90 Å². The molecular formula is C29H39F2N7O4. The number of alkyl halides is 2. The maximum absolute atomic E-state index is 15.0. The van der Waals surface area contributed by atoms with Crippen molar-refractivity contribution in [3.05, 3.63) is 29.5 Å². The van der Waals surface area contributed by atoms with E-state index >= 15 is 8.78 Å². The lowest BCUT2D eigenvalue weighted by atomic mass is 9.88. The summed E-state index contributed by atoms with van der Waals surface area (Å²) in [4.78, 5) is 39.5. The lowest BCUT2D eigenvalue weighted by Crippen LogP contribution is -2.48. The first-order chi connectivity index (χ1) is 20.1. The molecule has 13 heteroatoms. The van der Waals surface area contributed by atoms with Gasteiger partial charge in [0.1, 0.15) is 12.3 Å². The summed E-state index contributed by atoms with van der Waals surface area (Å²) < 4.78 is 35.9. The first kappa shape index (κ1) is 29.9. The fourth-order valence-electron chi connectivity index (χ4n) is 6.15. The van der Waals surface area contributed by atoms with E-state index in [0.29, 0.717) is 11.3 Å². The molecule has 2 aromatic rings. The van der Waals surface area contributed by atoms with E-state index in [4.69, 9.17) is 4.74 Å². The Balaban J connectivity index is 1.58. The second kappa shape index (κ2) is 12.3. The average molecular weight is 588 g/mol. The van der Waals surface area contributed by atoms with Crippen LogP contribution >= 0.6 is 0 Å². The Morgan fingerprint density at radius 1 is 1.17 bits per heavy atom. The molecule has 1 aromatic carbocycles. The van der Waals surface area contributed by atoms with Crippen LogP contribution in [0.5, 0.6) is 5.75 Å². The van der Waals surface area contributed by atoms with Crippen molar-refractivity contribution in [1.29, 1.82) is 0 Å². The summed E-state index contributed by atoms with van der Waals surface area (Å²) in [6.45, 7) is 0.778. The number of likely N-dealkylation sites (tertiary alicyclic amines) is 1. The molecule has 42 heavy (non-hydrogen) atoms. The number of hydrogen-bond acceptors (Lipinski definition) is 9. The molecule has 1 saturated carbocycles. The third kappa shape index (κ3) is 5.98. The molecule has 1 aromatic heterocycles. The third-order valence-corrected chi connectivity index (χ3v) is 8.49. The van der Waals surface area contributed by atoms with Crippen LogP contribution in [0.25, 0.3) is 0 Å². The molecule has 2 fully saturated rings. The summed E-state index contributed by atoms with van der Waals surface area (Å²) in [5.74, 6) is -4.42. The van der Waals surface area contributed by atoms with Gasteiger partial charge in [-0.15, -0.1) is 0 Å². The van der Waals surface area contributed by atoms with Crippen LogP contribution in [-0.2, 0) is 4.79 Å². The highest BCUT2D eigenvalue weighted by molar-refractivity contribution is 6.02. The van der Waals surface area contributed by atoms with E-state index in [0.717, 1.165) is 62.1 Å². The van der Waals surface area contributed by atoms with Gasteiger partial charge < -0.3 is 35.2 Å². The Morgan fingerprint density at radius 3 is 2.55 bits per heavy atom. The van der Waals surface area contributed by atoms with E-state index in [1.807, 2.05) is 12.1 Å². The van der Waals surface area contributed by atoms with Gasteiger partial charge in [-0.25, -0.2) is 4.98 Å². The number of nitrogens with zero attached hydrogens (tertiary/aromatic N) is 5. The summed E-state index contributed by atoms with van der Waals surface area (Å²) in [6.07, 6.45) is 6.50. The maximum atomic E-state index is 15.0. The summed E-state index contributed by atoms with van der Waals surface area (Å²) in [6, 6.07) is 3.56. The molecule has 3 N–H and O–H groups in total. The number of nitrogens with one attached hydrogen (secondary N) is 2. The Morgan fingerprint density at radius 2 is 1.88 bits per heavy atom. The maximum Gasteiger partial charge on any atom is 0.342 e. The standard InChI is InChI=1S/C29H39F2N7O4/c1-32-26(40)21-14-19(18-8-10-36(2)11-9-18)15-22(24(21)42-13-12-39)34-28-33-16-23-25(35-28)38(20-6-4-5-7-20)17-29(30,31)27(41)37(23)3/h14-16,18,20,39H,4-13,17H2,1-3H3,(H,32,40)(H,33,34,35). The number of rotatable bonds is 8. The van der Waals surface area contributed by atoms with Gasteiger partial charge in [0.15, 0.2) is 11.6 Å². The molecule has 2 amide bonds. The minimum Gasteiger partial charge on any atom is -0.488 e. The topological polar surface area (TPSA) is 123 Å². The number of piperidine rings is 1. The molecule has 3 heterocycles. The molecule has 0 bridgehead atoms. The largest absolute Gasteiger partial charge is 0.488 e. The minimum absolute atomic E-state index is 0.0469. The quantitative estimate of drug-likeness (QED) is 0.428. The van der Waals surface area contributed by atoms with Crippen molar-refractivity contribution in [1.82, 2.24) is 20.2 Å². The number of carbonyl (C=O) groups is 2. The predicted octanol–water partition coefficient (Wildman–Crippen LogP) is 3.12. The van der Waals surface area contributed by atoms with Crippen molar-refractivity contribution in [2.45, 2.75) is 56.4 Å². The first-order valence-corrected chi connectivity index (χ1v) is 14.5. The van der Waals surface area contributed by atoms with Crippen LogP contribution in [0.4, 0.5) is 31.9 Å². The van der Waals surface area contributed by atoms with Gasteiger partial charge in [-0.1, -0.05) is 12.8 Å². The second-order valence-electron chi connectivity index (χ2n) is 11.3. The minimum atomic E-state index is -3.58. The van der Waals surface area contributed by atoms with E-state index in [1.165, 1.54) is 20.3 Å². The highest BCUT2D eigenvalue weighted by atomic mass is 19.3. The number of fused-ring (bicyclic) bond motifs is 1. The number of aliphatic hydroxyl groups excluding tert-OH is 1. The Kier molecular flexibility index (Phi) is 8.78. The zero-order valence-electron chi connectivity index (χ0n) is 24.3. The number of ether oxygens (including phenoxy) is 1. The van der Waals surface area contributed by atoms with Crippen LogP contribution in [-0.4, -0.2) is 97.7 Å². The molecule has 0 radical (unpaired) electrons. The van der Waals surface area contributed by atoms with Gasteiger partial charge in [-0.2, -0.15) is 13.8 Å². The monoisotopic (exact) mass is 587 g/mol. The van der Waals surface area contributed by atoms with Gasteiger partial charge in [0, 0.05) is 20.1 Å². The van der Waals surface area contributed by atoms with Crippen LogP contribution < -0.4 is 25.2 Å². The van der Waals surface area contributed by atoms with Crippen LogP contribution in [0.1, 0.15) is 60.4 Å². The number of halogens is 2. The molecule has 2 aliphatic heterocycles. The van der Waals surface area contributed by atoms with E-state index in [9.17, 15) is 14.7 Å². The zero-order chi connectivity index (χ0) is 30.0. The second-order valence-corrected chi connectivity index (χ2v) is 11.3. The van der Waals surface area contributed by atoms with Crippen molar-refractivity contribution in [3.63, 3.8) is 0 Å². The van der Waals surface area contributed by atoms with Gasteiger partial charge in [0.25, 0.3) is 11.8 Å². The summed E-state index contributed by atoms with van der Waals surface area (Å²) >= 11 is 0. The smallest absolute Gasteiger partial charge is 0.342 e. The lowest BCUT2D eigenvalue weighted by molar-refractivity contribution is -0.140. The van der Waals surface area contributed by atoms with E-state index in [-0.39, 0.29) is 54.3 Å². The number of aromatic nitrogens is 2. The number of benzene rings is 1. The molecule has 0 unspecified atom stereocenters. The highest BCUT2D eigenvalue weighted by Crippen LogP contribution is 2.41. The average Bonchev–Trinajstić information content (AvgIpc) is 3.51. The van der Waals surface area contributed by atoms with Crippen molar-refractivity contribution < 1.29 is 28.2 Å². The van der Waals surface area contributed by atoms with E-state index in [2.05, 4.69) is 32.5 Å². The summed E-state index contributed by atoms with van der Waals surface area (Å²) in [5, 5.41) is 15.3. The summed E-state index contributed by atoms with van der Waals surface area (Å²) in [7, 11) is 4.93. The molecule has 0 atom stereocenters. The molecule has 3 aliphatic rings. The number of aliphatic hydroxyl groups is 1.